The number of hydrogen-bond acceptors (Lipinski definition) is 6. The molecule has 1 aliphatic carbocycles. The predicted octanol–water partition coefficient (Wildman–Crippen LogP) is 4.73. The van der Waals surface area contributed by atoms with Crippen LogP contribution in [-0.4, -0.2) is 57.6 Å². The lowest BCUT2D eigenvalue weighted by Gasteiger charge is -2.37. The second-order valence-electron chi connectivity index (χ2n) is 11.7. The largest absolute Gasteiger partial charge is 0.481 e. The third kappa shape index (κ3) is 5.49. The number of imidazole rings is 1. The van der Waals surface area contributed by atoms with Crippen molar-refractivity contribution in [2.24, 2.45) is 0 Å². The SMILES string of the molecule is COC(C)(C)c1ccc(C2c3c(nc4n3CCCC4)CCN2C(=O)COc2ccc(C(=O)NC3CC3)nc2Cl)c(F)c1. The van der Waals surface area contributed by atoms with Gasteiger partial charge in [-0.2, -0.15) is 0 Å². The van der Waals surface area contributed by atoms with Crippen molar-refractivity contribution in [2.75, 3.05) is 20.3 Å². The van der Waals surface area contributed by atoms with Gasteiger partial charge in [0.15, 0.2) is 17.5 Å². The van der Waals surface area contributed by atoms with Crippen molar-refractivity contribution in [3.8, 4) is 5.75 Å². The Morgan fingerprint density at radius 1 is 1.12 bits per heavy atom. The van der Waals surface area contributed by atoms with E-state index in [0.717, 1.165) is 55.9 Å². The summed E-state index contributed by atoms with van der Waals surface area (Å²) in [6.45, 7) is 4.59. The summed E-state index contributed by atoms with van der Waals surface area (Å²) < 4.78 is 29.5. The van der Waals surface area contributed by atoms with Crippen LogP contribution in [0.15, 0.2) is 30.3 Å². The summed E-state index contributed by atoms with van der Waals surface area (Å²) in [5.41, 5.74) is 2.41. The Labute approximate surface area is 249 Å². The lowest BCUT2D eigenvalue weighted by Crippen LogP contribution is -2.44. The van der Waals surface area contributed by atoms with Crippen LogP contribution in [0.3, 0.4) is 0 Å². The molecular weight excluding hydrogens is 561 g/mol. The fourth-order valence-corrected chi connectivity index (χ4v) is 5.95. The van der Waals surface area contributed by atoms with Crippen molar-refractivity contribution in [3.05, 3.63) is 75.3 Å². The number of aromatic nitrogens is 3. The molecule has 0 radical (unpaired) electrons. The Hall–Kier alpha value is -3.50. The number of benzene rings is 1. The van der Waals surface area contributed by atoms with Crippen LogP contribution in [0, 0.1) is 5.82 Å². The average molecular weight is 596 g/mol. The average Bonchev–Trinajstić information content (AvgIpc) is 3.72. The zero-order valence-electron chi connectivity index (χ0n) is 24.1. The number of carbonyl (C=O) groups excluding carboxylic acids is 2. The normalized spacial score (nSPS) is 18.3. The molecule has 1 unspecified atom stereocenters. The van der Waals surface area contributed by atoms with E-state index in [1.807, 2.05) is 19.9 Å². The maximum atomic E-state index is 15.9. The van der Waals surface area contributed by atoms with Gasteiger partial charge in [-0.3, -0.25) is 9.59 Å². The maximum Gasteiger partial charge on any atom is 0.270 e. The molecule has 9 nitrogen and oxygen atoms in total. The van der Waals surface area contributed by atoms with E-state index >= 15 is 4.39 Å². The molecule has 3 aromatic rings. The lowest BCUT2D eigenvalue weighted by atomic mass is 9.91. The van der Waals surface area contributed by atoms with Crippen LogP contribution in [0.4, 0.5) is 4.39 Å². The second-order valence-corrected chi connectivity index (χ2v) is 12.0. The zero-order valence-corrected chi connectivity index (χ0v) is 24.8. The van der Waals surface area contributed by atoms with Crippen molar-refractivity contribution in [3.63, 3.8) is 0 Å². The highest BCUT2D eigenvalue weighted by Crippen LogP contribution is 2.39. The van der Waals surface area contributed by atoms with Gasteiger partial charge in [0, 0.05) is 44.6 Å². The summed E-state index contributed by atoms with van der Waals surface area (Å²) >= 11 is 6.32. The van der Waals surface area contributed by atoms with E-state index in [4.69, 9.17) is 26.1 Å². The van der Waals surface area contributed by atoms with E-state index in [1.165, 1.54) is 12.1 Å². The molecule has 3 aliphatic rings. The number of aryl methyl sites for hydroxylation is 1. The molecule has 1 N–H and O–H groups in total. The van der Waals surface area contributed by atoms with E-state index in [0.29, 0.717) is 24.1 Å². The summed E-state index contributed by atoms with van der Waals surface area (Å²) in [6.07, 6.45) is 5.42. The number of rotatable bonds is 8. The Bertz CT molecular complexity index is 1540. The van der Waals surface area contributed by atoms with Gasteiger partial charge in [0.1, 0.15) is 23.4 Å². The molecule has 2 amide bonds. The number of hydrogen-bond donors (Lipinski definition) is 1. The first kappa shape index (κ1) is 28.6. The molecule has 1 fully saturated rings. The van der Waals surface area contributed by atoms with Crippen LogP contribution in [0.5, 0.6) is 5.75 Å². The van der Waals surface area contributed by atoms with Gasteiger partial charge in [0.05, 0.1) is 17.0 Å². The summed E-state index contributed by atoms with van der Waals surface area (Å²) in [6, 6.07) is 7.70. The summed E-state index contributed by atoms with van der Waals surface area (Å²) in [4.78, 5) is 36.8. The molecule has 0 saturated heterocycles. The first-order valence-electron chi connectivity index (χ1n) is 14.5. The summed E-state index contributed by atoms with van der Waals surface area (Å²) in [7, 11) is 1.59. The molecule has 0 bridgehead atoms. The molecule has 2 aliphatic heterocycles. The first-order chi connectivity index (χ1) is 20.2. The first-order valence-corrected chi connectivity index (χ1v) is 14.9. The number of nitrogens with zero attached hydrogens (tertiary/aromatic N) is 4. The Morgan fingerprint density at radius 3 is 2.64 bits per heavy atom. The van der Waals surface area contributed by atoms with Crippen molar-refractivity contribution in [2.45, 2.75) is 76.6 Å². The molecule has 2 aromatic heterocycles. The van der Waals surface area contributed by atoms with Crippen molar-refractivity contribution < 1.29 is 23.5 Å². The number of ether oxygens (including phenoxy) is 2. The molecule has 4 heterocycles. The van der Waals surface area contributed by atoms with Crippen LogP contribution < -0.4 is 10.1 Å². The highest BCUT2D eigenvalue weighted by molar-refractivity contribution is 6.31. The van der Waals surface area contributed by atoms with Gasteiger partial charge < -0.3 is 24.3 Å². The minimum Gasteiger partial charge on any atom is -0.481 e. The van der Waals surface area contributed by atoms with E-state index < -0.39 is 17.5 Å². The standard InChI is InChI=1S/C31H35ClFN5O4/c1-31(2,41-3)18-7-10-20(21(33)16-18)27-28-22(35-25-6-4-5-14-37(25)28)13-15-38(27)26(39)17-42-24-12-11-23(36-29(24)32)30(40)34-19-8-9-19/h7,10-12,16,19,27H,4-6,8-9,13-15,17H2,1-3H3,(H,34,40). The number of fused-ring (bicyclic) bond motifs is 3. The topological polar surface area (TPSA) is 98.6 Å². The fraction of sp³-hybridized carbons (Fsp3) is 0.484. The number of methoxy groups -OCH3 is 1. The van der Waals surface area contributed by atoms with Crippen LogP contribution in [0.2, 0.25) is 5.15 Å². The number of amides is 2. The van der Waals surface area contributed by atoms with Crippen LogP contribution in [0.25, 0.3) is 0 Å². The highest BCUT2D eigenvalue weighted by atomic mass is 35.5. The van der Waals surface area contributed by atoms with Gasteiger partial charge in [-0.25, -0.2) is 14.4 Å². The predicted molar refractivity (Wildman–Crippen MR) is 154 cm³/mol. The van der Waals surface area contributed by atoms with E-state index in [-0.39, 0.29) is 41.1 Å². The molecule has 0 spiro atoms. The van der Waals surface area contributed by atoms with Gasteiger partial charge in [-0.05, 0) is 63.3 Å². The number of halogens is 2. The van der Waals surface area contributed by atoms with E-state index in [2.05, 4.69) is 14.9 Å². The van der Waals surface area contributed by atoms with Gasteiger partial charge in [0.25, 0.3) is 11.8 Å². The number of carbonyl (C=O) groups is 2. The fourth-order valence-electron chi connectivity index (χ4n) is 5.74. The maximum absolute atomic E-state index is 15.9. The van der Waals surface area contributed by atoms with Gasteiger partial charge in [0.2, 0.25) is 0 Å². The molecule has 1 atom stereocenters. The summed E-state index contributed by atoms with van der Waals surface area (Å²) in [5.74, 6) is 0.168. The Balaban J connectivity index is 1.28. The molecule has 42 heavy (non-hydrogen) atoms. The van der Waals surface area contributed by atoms with E-state index in [9.17, 15) is 9.59 Å². The van der Waals surface area contributed by atoms with Gasteiger partial charge >= 0.3 is 0 Å². The van der Waals surface area contributed by atoms with Crippen molar-refractivity contribution in [1.82, 2.24) is 24.8 Å². The highest BCUT2D eigenvalue weighted by Gasteiger charge is 2.39. The Morgan fingerprint density at radius 2 is 1.93 bits per heavy atom. The van der Waals surface area contributed by atoms with Gasteiger partial charge in [-0.1, -0.05) is 23.7 Å². The molecule has 6 rings (SSSR count). The number of pyridine rings is 1. The smallest absolute Gasteiger partial charge is 0.270 e. The summed E-state index contributed by atoms with van der Waals surface area (Å²) in [5, 5.41) is 2.87. The number of nitrogens with one attached hydrogen (secondary N) is 1. The molecular formula is C31H35ClFN5O4. The van der Waals surface area contributed by atoms with E-state index in [1.54, 1.807) is 24.1 Å². The minimum absolute atomic E-state index is 0.00372. The van der Waals surface area contributed by atoms with Crippen molar-refractivity contribution >= 4 is 23.4 Å². The zero-order chi connectivity index (χ0) is 29.6. The molecule has 1 aromatic carbocycles. The van der Waals surface area contributed by atoms with Crippen LogP contribution in [0.1, 0.15) is 84.4 Å². The quantitative estimate of drug-likeness (QED) is 0.378. The second kappa shape index (κ2) is 11.3. The monoisotopic (exact) mass is 595 g/mol. The Kier molecular flexibility index (Phi) is 7.70. The molecule has 11 heteroatoms. The van der Waals surface area contributed by atoms with Crippen LogP contribution in [-0.2, 0) is 34.5 Å². The van der Waals surface area contributed by atoms with Gasteiger partial charge in [-0.15, -0.1) is 0 Å². The van der Waals surface area contributed by atoms with Crippen molar-refractivity contribution in [1.29, 1.82) is 0 Å². The third-order valence-corrected chi connectivity index (χ3v) is 8.76. The molecule has 222 valence electrons. The lowest BCUT2D eigenvalue weighted by molar-refractivity contribution is -0.135. The minimum atomic E-state index is -0.669. The third-order valence-electron chi connectivity index (χ3n) is 8.49. The van der Waals surface area contributed by atoms with Crippen LogP contribution >= 0.6 is 11.6 Å². The molecule has 1 saturated carbocycles.